The largest absolute Gasteiger partial charge is 0.481 e. The molecule has 2 heterocycles. The monoisotopic (exact) mass is 241 g/mol. The van der Waals surface area contributed by atoms with Gasteiger partial charge in [-0.05, 0) is 20.3 Å². The fourth-order valence-corrected chi connectivity index (χ4v) is 2.33. The van der Waals surface area contributed by atoms with E-state index >= 15 is 0 Å². The van der Waals surface area contributed by atoms with Crippen molar-refractivity contribution in [2.24, 2.45) is 0 Å². The third kappa shape index (κ3) is 1.71. The van der Waals surface area contributed by atoms with Crippen molar-refractivity contribution in [3.05, 3.63) is 11.5 Å². The zero-order chi connectivity index (χ0) is 11.7. The minimum absolute atomic E-state index is 0.149. The van der Waals surface area contributed by atoms with E-state index in [0.717, 1.165) is 18.8 Å². The van der Waals surface area contributed by atoms with Crippen LogP contribution in [0.1, 0.15) is 27.2 Å². The summed E-state index contributed by atoms with van der Waals surface area (Å²) in [5.41, 5.74) is 0. The number of ether oxygens (including phenoxy) is 1. The predicted octanol–water partition coefficient (Wildman–Crippen LogP) is 2.52. The van der Waals surface area contributed by atoms with Crippen LogP contribution < -0.4 is 9.64 Å². The van der Waals surface area contributed by atoms with Gasteiger partial charge < -0.3 is 9.64 Å². The molecular formula is C11H16ClN3O. The van der Waals surface area contributed by atoms with Gasteiger partial charge in [0.2, 0.25) is 0 Å². The Labute approximate surface area is 101 Å². The molecule has 0 aromatic carbocycles. The van der Waals surface area contributed by atoms with Crippen LogP contribution in [0.3, 0.4) is 0 Å². The van der Waals surface area contributed by atoms with Crippen molar-refractivity contribution in [3.63, 3.8) is 0 Å². The van der Waals surface area contributed by atoms with Crippen LogP contribution in [0, 0.1) is 0 Å². The maximum absolute atomic E-state index is 6.03. The first kappa shape index (κ1) is 11.5. The maximum atomic E-state index is 6.03. The average Bonchev–Trinajstić information content (AvgIpc) is 2.29. The van der Waals surface area contributed by atoms with Crippen LogP contribution in [0.25, 0.3) is 0 Å². The minimum Gasteiger partial charge on any atom is -0.481 e. The van der Waals surface area contributed by atoms with Gasteiger partial charge in [-0.2, -0.15) is 0 Å². The van der Waals surface area contributed by atoms with Crippen LogP contribution in [-0.2, 0) is 0 Å². The van der Waals surface area contributed by atoms with Crippen molar-refractivity contribution in [2.75, 3.05) is 11.4 Å². The summed E-state index contributed by atoms with van der Waals surface area (Å²) in [4.78, 5) is 10.4. The average molecular weight is 242 g/mol. The maximum Gasteiger partial charge on any atom is 0.199 e. The Kier molecular flexibility index (Phi) is 3.19. The number of hydrogen-bond donors (Lipinski definition) is 0. The molecule has 1 aromatic rings. The fourth-order valence-electron chi connectivity index (χ4n) is 2.16. The number of fused-ring (bicyclic) bond motifs is 1. The van der Waals surface area contributed by atoms with E-state index < -0.39 is 0 Å². The molecule has 2 rings (SSSR count). The highest BCUT2D eigenvalue weighted by Crippen LogP contribution is 2.38. The van der Waals surface area contributed by atoms with E-state index in [9.17, 15) is 0 Å². The molecule has 0 bridgehead atoms. The molecule has 4 nitrogen and oxygen atoms in total. The van der Waals surface area contributed by atoms with Crippen molar-refractivity contribution >= 4 is 17.4 Å². The van der Waals surface area contributed by atoms with Gasteiger partial charge in [0.05, 0.1) is 6.04 Å². The summed E-state index contributed by atoms with van der Waals surface area (Å²) in [5.74, 6) is 1.43. The van der Waals surface area contributed by atoms with Gasteiger partial charge in [-0.3, -0.25) is 0 Å². The Balaban J connectivity index is 2.46. The molecule has 88 valence electrons. The second-order valence-electron chi connectivity index (χ2n) is 3.91. The first-order chi connectivity index (χ1) is 7.69. The third-order valence-corrected chi connectivity index (χ3v) is 3.32. The Morgan fingerprint density at radius 3 is 2.81 bits per heavy atom. The van der Waals surface area contributed by atoms with Gasteiger partial charge in [-0.1, -0.05) is 18.5 Å². The molecule has 5 heteroatoms. The van der Waals surface area contributed by atoms with Crippen molar-refractivity contribution in [1.82, 2.24) is 9.97 Å². The number of halogens is 1. The summed E-state index contributed by atoms with van der Waals surface area (Å²) in [6.07, 6.45) is 2.57. The van der Waals surface area contributed by atoms with E-state index in [0.29, 0.717) is 16.9 Å². The normalized spacial score (nSPS) is 23.9. The highest BCUT2D eigenvalue weighted by molar-refractivity contribution is 6.31. The summed E-state index contributed by atoms with van der Waals surface area (Å²) in [5, 5.41) is 0.397. The molecule has 0 saturated carbocycles. The zero-order valence-electron chi connectivity index (χ0n) is 9.77. The van der Waals surface area contributed by atoms with Crippen LogP contribution >= 0.6 is 11.6 Å². The summed E-state index contributed by atoms with van der Waals surface area (Å²) in [6.45, 7) is 7.25. The molecule has 0 amide bonds. The smallest absolute Gasteiger partial charge is 0.199 e. The molecule has 2 atom stereocenters. The Hall–Kier alpha value is -1.03. The molecule has 16 heavy (non-hydrogen) atoms. The second-order valence-corrected chi connectivity index (χ2v) is 4.27. The highest BCUT2D eigenvalue weighted by Gasteiger charge is 2.33. The highest BCUT2D eigenvalue weighted by atomic mass is 35.5. The number of hydrogen-bond acceptors (Lipinski definition) is 4. The topological polar surface area (TPSA) is 38.3 Å². The Morgan fingerprint density at radius 2 is 2.19 bits per heavy atom. The molecule has 1 aliphatic heterocycles. The lowest BCUT2D eigenvalue weighted by molar-refractivity contribution is 0.152. The summed E-state index contributed by atoms with van der Waals surface area (Å²) in [7, 11) is 0. The molecule has 0 saturated heterocycles. The van der Waals surface area contributed by atoms with Gasteiger partial charge in [-0.15, -0.1) is 0 Å². The number of rotatable bonds is 2. The van der Waals surface area contributed by atoms with E-state index in [1.165, 1.54) is 6.33 Å². The van der Waals surface area contributed by atoms with E-state index in [-0.39, 0.29) is 6.10 Å². The minimum atomic E-state index is 0.149. The molecule has 0 aliphatic carbocycles. The quantitative estimate of drug-likeness (QED) is 0.746. The molecule has 1 aliphatic rings. The Morgan fingerprint density at radius 1 is 1.44 bits per heavy atom. The summed E-state index contributed by atoms with van der Waals surface area (Å²) < 4.78 is 5.86. The number of anilines is 1. The van der Waals surface area contributed by atoms with E-state index in [4.69, 9.17) is 16.3 Å². The van der Waals surface area contributed by atoms with E-state index in [1.807, 2.05) is 0 Å². The van der Waals surface area contributed by atoms with Crippen LogP contribution in [-0.4, -0.2) is 28.7 Å². The summed E-state index contributed by atoms with van der Waals surface area (Å²) >= 11 is 6.03. The molecule has 0 fully saturated rings. The lowest BCUT2D eigenvalue weighted by atomic mass is 10.1. The molecule has 1 aromatic heterocycles. The van der Waals surface area contributed by atoms with Crippen LogP contribution in [0.5, 0.6) is 5.75 Å². The van der Waals surface area contributed by atoms with Crippen molar-refractivity contribution in [1.29, 1.82) is 0 Å². The molecule has 0 N–H and O–H groups in total. The third-order valence-electron chi connectivity index (χ3n) is 3.06. The predicted molar refractivity (Wildman–Crippen MR) is 64.2 cm³/mol. The van der Waals surface area contributed by atoms with Crippen molar-refractivity contribution < 1.29 is 4.74 Å². The van der Waals surface area contributed by atoms with Gasteiger partial charge in [0.15, 0.2) is 16.7 Å². The molecule has 2 unspecified atom stereocenters. The van der Waals surface area contributed by atoms with Gasteiger partial charge in [0.25, 0.3) is 0 Å². The molecular weight excluding hydrogens is 226 g/mol. The first-order valence-electron chi connectivity index (χ1n) is 5.62. The van der Waals surface area contributed by atoms with Crippen LogP contribution in [0.4, 0.5) is 5.82 Å². The lowest BCUT2D eigenvalue weighted by Gasteiger charge is -2.40. The summed E-state index contributed by atoms with van der Waals surface area (Å²) in [6, 6.07) is 0.313. The SMILES string of the molecule is CCC1Oc2c(Cl)ncnc2N(CC)C1C. The van der Waals surface area contributed by atoms with E-state index in [1.54, 1.807) is 0 Å². The van der Waals surface area contributed by atoms with Crippen molar-refractivity contribution in [3.8, 4) is 5.75 Å². The van der Waals surface area contributed by atoms with Gasteiger partial charge in [0.1, 0.15) is 12.4 Å². The first-order valence-corrected chi connectivity index (χ1v) is 6.00. The zero-order valence-corrected chi connectivity index (χ0v) is 10.5. The van der Waals surface area contributed by atoms with Crippen molar-refractivity contribution in [2.45, 2.75) is 39.3 Å². The van der Waals surface area contributed by atoms with Crippen LogP contribution in [0.2, 0.25) is 5.15 Å². The number of nitrogens with zero attached hydrogens (tertiary/aromatic N) is 3. The number of likely N-dealkylation sites (N-methyl/N-ethyl adjacent to an activating group) is 1. The van der Waals surface area contributed by atoms with Crippen LogP contribution in [0.15, 0.2) is 6.33 Å². The standard InChI is InChI=1S/C11H16ClN3O/c1-4-8-7(3)15(5-2)11-9(16-8)10(12)13-6-14-11/h6-8H,4-5H2,1-3H3. The van der Waals surface area contributed by atoms with Gasteiger partial charge >= 0.3 is 0 Å². The molecule has 0 radical (unpaired) electrons. The fraction of sp³-hybridized carbons (Fsp3) is 0.636. The molecule has 0 spiro atoms. The second kappa shape index (κ2) is 4.45. The lowest BCUT2D eigenvalue weighted by Crippen LogP contribution is -2.48. The Bertz CT molecular complexity index is 385. The van der Waals surface area contributed by atoms with E-state index in [2.05, 4.69) is 35.6 Å². The van der Waals surface area contributed by atoms with Gasteiger partial charge in [-0.25, -0.2) is 9.97 Å². The van der Waals surface area contributed by atoms with Gasteiger partial charge in [0, 0.05) is 6.54 Å². The number of aromatic nitrogens is 2.